The summed E-state index contributed by atoms with van der Waals surface area (Å²) in [5.74, 6) is -0.769. The molecule has 0 heterocycles. The molecule has 0 bridgehead atoms. The van der Waals surface area contributed by atoms with Crippen LogP contribution in [-0.2, 0) is 19.0 Å². The summed E-state index contributed by atoms with van der Waals surface area (Å²) < 4.78 is 17.0. The van der Waals surface area contributed by atoms with Gasteiger partial charge in [0.2, 0.25) is 0 Å². The first-order valence-corrected chi connectivity index (χ1v) is 10.2. The second-order valence-corrected chi connectivity index (χ2v) is 6.95. The number of hydrogen-bond donors (Lipinski definition) is 0. The predicted molar refractivity (Wildman–Crippen MR) is 115 cm³/mol. The Balaban J connectivity index is 2.31. The van der Waals surface area contributed by atoms with Gasteiger partial charge in [0.1, 0.15) is 18.1 Å². The molecule has 0 spiro atoms. The number of carbonyl (C=O) groups is 1. The zero-order valence-corrected chi connectivity index (χ0v) is 17.9. The maximum atomic E-state index is 13.4. The molecule has 158 valence electrons. The van der Waals surface area contributed by atoms with Crippen LogP contribution in [-0.4, -0.2) is 63.5 Å². The third-order valence-electron chi connectivity index (χ3n) is 5.15. The van der Waals surface area contributed by atoms with Gasteiger partial charge in [-0.15, -0.1) is 0 Å². The second kappa shape index (κ2) is 12.4. The summed E-state index contributed by atoms with van der Waals surface area (Å²) in [6.45, 7) is 6.88. The molecule has 0 unspecified atom stereocenters. The van der Waals surface area contributed by atoms with E-state index in [4.69, 9.17) is 14.2 Å². The molecule has 0 N–H and O–H groups in total. The van der Waals surface area contributed by atoms with E-state index < -0.39 is 12.0 Å². The number of methoxy groups -OCH3 is 2. The fraction of sp³-hybridized carbons (Fsp3) is 0.458. The van der Waals surface area contributed by atoms with E-state index in [0.717, 1.165) is 24.2 Å². The summed E-state index contributed by atoms with van der Waals surface area (Å²) in [6.07, 6.45) is -0.765. The molecule has 2 atom stereocenters. The third kappa shape index (κ3) is 6.67. The molecule has 0 saturated heterocycles. The SMILES string of the molecule is CCN(CC)C[C@H](OC(=O)C(c1ccccc1)c1ccccc1)[C@@H](COC)OC. The van der Waals surface area contributed by atoms with Crippen LogP contribution in [0.3, 0.4) is 0 Å². The van der Waals surface area contributed by atoms with Gasteiger partial charge in [-0.25, -0.2) is 0 Å². The van der Waals surface area contributed by atoms with Crippen LogP contribution in [0.1, 0.15) is 30.9 Å². The summed E-state index contributed by atoms with van der Waals surface area (Å²) in [5.41, 5.74) is 1.82. The lowest BCUT2D eigenvalue weighted by atomic mass is 9.91. The fourth-order valence-corrected chi connectivity index (χ4v) is 3.43. The van der Waals surface area contributed by atoms with E-state index >= 15 is 0 Å². The number of rotatable bonds is 12. The first kappa shape index (κ1) is 23.1. The summed E-state index contributed by atoms with van der Waals surface area (Å²) in [4.78, 5) is 15.6. The molecule has 0 amide bonds. The van der Waals surface area contributed by atoms with Gasteiger partial charge < -0.3 is 19.1 Å². The lowest BCUT2D eigenvalue weighted by Gasteiger charge is -2.31. The predicted octanol–water partition coefficient (Wildman–Crippen LogP) is 3.73. The van der Waals surface area contributed by atoms with Crippen LogP contribution in [0.5, 0.6) is 0 Å². The molecular formula is C24H33NO4. The minimum Gasteiger partial charge on any atom is -0.457 e. The average Bonchev–Trinajstić information content (AvgIpc) is 2.76. The highest BCUT2D eigenvalue weighted by Crippen LogP contribution is 2.27. The van der Waals surface area contributed by atoms with E-state index in [1.54, 1.807) is 14.2 Å². The van der Waals surface area contributed by atoms with Crippen molar-refractivity contribution >= 4 is 5.97 Å². The van der Waals surface area contributed by atoms with E-state index in [2.05, 4.69) is 18.7 Å². The molecular weight excluding hydrogens is 366 g/mol. The van der Waals surface area contributed by atoms with Gasteiger partial charge in [-0.05, 0) is 24.2 Å². The van der Waals surface area contributed by atoms with E-state index in [0.29, 0.717) is 13.2 Å². The van der Waals surface area contributed by atoms with Crippen molar-refractivity contribution in [3.05, 3.63) is 71.8 Å². The number of carbonyl (C=O) groups excluding carboxylic acids is 1. The monoisotopic (exact) mass is 399 g/mol. The lowest BCUT2D eigenvalue weighted by Crippen LogP contribution is -2.45. The van der Waals surface area contributed by atoms with Crippen LogP contribution in [0.4, 0.5) is 0 Å². The Hall–Kier alpha value is -2.21. The van der Waals surface area contributed by atoms with Crippen LogP contribution >= 0.6 is 0 Å². The summed E-state index contributed by atoms with van der Waals surface area (Å²) >= 11 is 0. The molecule has 0 fully saturated rings. The van der Waals surface area contributed by atoms with Crippen molar-refractivity contribution in [2.24, 2.45) is 0 Å². The van der Waals surface area contributed by atoms with Crippen molar-refractivity contribution < 1.29 is 19.0 Å². The van der Waals surface area contributed by atoms with Crippen LogP contribution in [0, 0.1) is 0 Å². The first-order valence-electron chi connectivity index (χ1n) is 10.2. The standard InChI is InChI=1S/C24H33NO4/c1-5-25(6-2)17-21(22(28-4)18-27-3)29-24(26)23(19-13-9-7-10-14-19)20-15-11-8-12-16-20/h7-16,21-23H,5-6,17-18H2,1-4H3/t21-,22+/m0/s1. The summed E-state index contributed by atoms with van der Waals surface area (Å²) in [7, 11) is 3.25. The van der Waals surface area contributed by atoms with Crippen molar-refractivity contribution in [2.75, 3.05) is 40.5 Å². The molecule has 0 saturated carbocycles. The highest BCUT2D eigenvalue weighted by molar-refractivity contribution is 5.82. The molecule has 5 heteroatoms. The van der Waals surface area contributed by atoms with Crippen LogP contribution in [0.15, 0.2) is 60.7 Å². The Labute approximate surface area is 174 Å². The molecule has 0 aliphatic carbocycles. The minimum atomic E-state index is -0.489. The summed E-state index contributed by atoms with van der Waals surface area (Å²) in [5, 5.41) is 0. The molecule has 2 rings (SSSR count). The van der Waals surface area contributed by atoms with Crippen molar-refractivity contribution in [1.29, 1.82) is 0 Å². The van der Waals surface area contributed by atoms with Gasteiger partial charge in [0.05, 0.1) is 6.61 Å². The maximum absolute atomic E-state index is 13.4. The Morgan fingerprint density at radius 3 is 1.79 bits per heavy atom. The first-order chi connectivity index (χ1) is 14.1. The number of nitrogens with zero attached hydrogens (tertiary/aromatic N) is 1. The largest absolute Gasteiger partial charge is 0.457 e. The Kier molecular flexibility index (Phi) is 9.84. The lowest BCUT2D eigenvalue weighted by molar-refractivity contribution is -0.161. The van der Waals surface area contributed by atoms with Crippen molar-refractivity contribution in [1.82, 2.24) is 4.90 Å². The molecule has 29 heavy (non-hydrogen) atoms. The molecule has 2 aromatic rings. The quantitative estimate of drug-likeness (QED) is 0.509. The molecule has 0 aliphatic heterocycles. The average molecular weight is 400 g/mol. The molecule has 0 radical (unpaired) electrons. The highest BCUT2D eigenvalue weighted by Gasteiger charge is 2.31. The van der Waals surface area contributed by atoms with Crippen molar-refractivity contribution in [3.63, 3.8) is 0 Å². The van der Waals surface area contributed by atoms with E-state index in [1.165, 1.54) is 0 Å². The van der Waals surface area contributed by atoms with Gasteiger partial charge in [0, 0.05) is 20.8 Å². The third-order valence-corrected chi connectivity index (χ3v) is 5.15. The number of hydrogen-bond acceptors (Lipinski definition) is 5. The fourth-order valence-electron chi connectivity index (χ4n) is 3.43. The molecule has 2 aromatic carbocycles. The number of benzene rings is 2. The normalized spacial score (nSPS) is 13.4. The Bertz CT molecular complexity index is 664. The minimum absolute atomic E-state index is 0.280. The van der Waals surface area contributed by atoms with Gasteiger partial charge in [0.25, 0.3) is 0 Å². The number of esters is 1. The molecule has 5 nitrogen and oxygen atoms in total. The Morgan fingerprint density at radius 1 is 0.862 bits per heavy atom. The van der Waals surface area contributed by atoms with Gasteiger partial charge >= 0.3 is 5.97 Å². The highest BCUT2D eigenvalue weighted by atomic mass is 16.6. The molecule has 0 aromatic heterocycles. The zero-order chi connectivity index (χ0) is 21.1. The van der Waals surface area contributed by atoms with Gasteiger partial charge in [0.15, 0.2) is 0 Å². The maximum Gasteiger partial charge on any atom is 0.318 e. The van der Waals surface area contributed by atoms with E-state index in [1.807, 2.05) is 60.7 Å². The van der Waals surface area contributed by atoms with Crippen LogP contribution in [0.2, 0.25) is 0 Å². The number of likely N-dealkylation sites (N-methyl/N-ethyl adjacent to an activating group) is 1. The smallest absolute Gasteiger partial charge is 0.318 e. The van der Waals surface area contributed by atoms with E-state index in [9.17, 15) is 4.79 Å². The van der Waals surface area contributed by atoms with Crippen LogP contribution < -0.4 is 0 Å². The van der Waals surface area contributed by atoms with Crippen LogP contribution in [0.25, 0.3) is 0 Å². The molecule has 0 aliphatic rings. The van der Waals surface area contributed by atoms with Gasteiger partial charge in [-0.3, -0.25) is 4.79 Å². The zero-order valence-electron chi connectivity index (χ0n) is 17.9. The van der Waals surface area contributed by atoms with E-state index in [-0.39, 0.29) is 12.1 Å². The number of ether oxygens (including phenoxy) is 3. The van der Waals surface area contributed by atoms with Gasteiger partial charge in [-0.2, -0.15) is 0 Å². The second-order valence-electron chi connectivity index (χ2n) is 6.95. The van der Waals surface area contributed by atoms with Crippen molar-refractivity contribution in [3.8, 4) is 0 Å². The summed E-state index contributed by atoms with van der Waals surface area (Å²) in [6, 6.07) is 19.5. The van der Waals surface area contributed by atoms with Crippen molar-refractivity contribution in [2.45, 2.75) is 32.0 Å². The topological polar surface area (TPSA) is 48.0 Å². The Morgan fingerprint density at radius 2 is 1.38 bits per heavy atom. The van der Waals surface area contributed by atoms with Gasteiger partial charge in [-0.1, -0.05) is 74.5 Å².